The average molecular weight is 418 g/mol. The summed E-state index contributed by atoms with van der Waals surface area (Å²) in [5.41, 5.74) is 3.73. The molecule has 0 radical (unpaired) electrons. The minimum atomic E-state index is -0.0109. The highest BCUT2D eigenvalue weighted by Crippen LogP contribution is 2.35. The number of carbonyl (C=O) groups is 1. The number of rotatable bonds is 7. The van der Waals surface area contributed by atoms with Crippen molar-refractivity contribution in [3.8, 4) is 5.75 Å². The second kappa shape index (κ2) is 9.05. The first-order chi connectivity index (χ1) is 14.6. The first kappa shape index (κ1) is 20.0. The summed E-state index contributed by atoms with van der Waals surface area (Å²) in [5.74, 6) is 0.727. The van der Waals surface area contributed by atoms with Gasteiger partial charge in [-0.2, -0.15) is 0 Å². The number of ether oxygens (including phenoxy) is 1. The summed E-state index contributed by atoms with van der Waals surface area (Å²) in [6.45, 7) is 4.92. The standard InChI is InChI=1S/C24H23N3O2S/c1-3-29-20-11-7-12-21-23(20)26-24(30-21)27(16-19-10-4-5-13-25-19)22(28)15-18-9-6-8-17(2)14-18/h4-14H,3,15-16H2,1-2H3. The number of amides is 1. The quantitative estimate of drug-likeness (QED) is 0.416. The molecule has 0 atom stereocenters. The number of carbonyl (C=O) groups excluding carboxylic acids is 1. The fourth-order valence-corrected chi connectivity index (χ4v) is 4.31. The molecule has 30 heavy (non-hydrogen) atoms. The van der Waals surface area contributed by atoms with Gasteiger partial charge >= 0.3 is 0 Å². The molecule has 0 saturated carbocycles. The highest BCUT2D eigenvalue weighted by molar-refractivity contribution is 7.22. The van der Waals surface area contributed by atoms with Crippen molar-refractivity contribution >= 4 is 32.6 Å². The van der Waals surface area contributed by atoms with Gasteiger partial charge in [-0.05, 0) is 43.7 Å². The van der Waals surface area contributed by atoms with Crippen molar-refractivity contribution in [2.24, 2.45) is 0 Å². The number of para-hydroxylation sites is 1. The lowest BCUT2D eigenvalue weighted by atomic mass is 10.1. The van der Waals surface area contributed by atoms with Crippen LogP contribution >= 0.6 is 11.3 Å². The number of aryl methyl sites for hydroxylation is 1. The number of anilines is 1. The third kappa shape index (κ3) is 4.49. The summed E-state index contributed by atoms with van der Waals surface area (Å²) in [5, 5.41) is 0.653. The van der Waals surface area contributed by atoms with Gasteiger partial charge in [0.05, 0.1) is 30.0 Å². The maximum absolute atomic E-state index is 13.3. The smallest absolute Gasteiger partial charge is 0.233 e. The van der Waals surface area contributed by atoms with Gasteiger partial charge in [-0.25, -0.2) is 4.98 Å². The Bertz CT molecular complexity index is 1160. The summed E-state index contributed by atoms with van der Waals surface area (Å²) in [4.78, 5) is 24.3. The predicted octanol–water partition coefficient (Wildman–Crippen LogP) is 5.17. The first-order valence-corrected chi connectivity index (χ1v) is 10.7. The van der Waals surface area contributed by atoms with Crippen molar-refractivity contribution in [1.29, 1.82) is 0 Å². The molecule has 2 aromatic heterocycles. The van der Waals surface area contributed by atoms with E-state index in [1.165, 1.54) is 11.3 Å². The van der Waals surface area contributed by atoms with Crippen molar-refractivity contribution < 1.29 is 9.53 Å². The Morgan fingerprint density at radius 3 is 2.73 bits per heavy atom. The maximum atomic E-state index is 13.3. The number of aromatic nitrogens is 2. The van der Waals surface area contributed by atoms with E-state index in [1.807, 2.05) is 74.5 Å². The first-order valence-electron chi connectivity index (χ1n) is 9.92. The molecule has 0 aliphatic heterocycles. The third-order valence-electron chi connectivity index (χ3n) is 4.69. The van der Waals surface area contributed by atoms with E-state index in [2.05, 4.69) is 4.98 Å². The normalized spacial score (nSPS) is 10.9. The Morgan fingerprint density at radius 2 is 1.97 bits per heavy atom. The van der Waals surface area contributed by atoms with Gasteiger partial charge in [-0.1, -0.05) is 53.3 Å². The van der Waals surface area contributed by atoms with Gasteiger partial charge in [0.1, 0.15) is 11.3 Å². The number of fused-ring (bicyclic) bond motifs is 1. The molecule has 5 nitrogen and oxygen atoms in total. The molecule has 0 fully saturated rings. The van der Waals surface area contributed by atoms with E-state index in [0.717, 1.165) is 32.8 Å². The van der Waals surface area contributed by atoms with Crippen molar-refractivity contribution in [3.05, 3.63) is 83.7 Å². The van der Waals surface area contributed by atoms with Crippen LogP contribution in [0.3, 0.4) is 0 Å². The molecule has 2 aromatic carbocycles. The Morgan fingerprint density at radius 1 is 1.10 bits per heavy atom. The number of pyridine rings is 1. The lowest BCUT2D eigenvalue weighted by Gasteiger charge is -2.19. The molecular formula is C24H23N3O2S. The second-order valence-corrected chi connectivity index (χ2v) is 8.01. The zero-order chi connectivity index (χ0) is 20.9. The Kier molecular flexibility index (Phi) is 6.05. The van der Waals surface area contributed by atoms with E-state index >= 15 is 0 Å². The highest BCUT2D eigenvalue weighted by atomic mass is 32.1. The van der Waals surface area contributed by atoms with Crippen molar-refractivity contribution in [1.82, 2.24) is 9.97 Å². The Hall–Kier alpha value is -3.25. The minimum Gasteiger partial charge on any atom is -0.492 e. The van der Waals surface area contributed by atoms with Crippen LogP contribution in [0, 0.1) is 6.92 Å². The van der Waals surface area contributed by atoms with Crippen molar-refractivity contribution in [3.63, 3.8) is 0 Å². The zero-order valence-corrected chi connectivity index (χ0v) is 17.9. The van der Waals surface area contributed by atoms with E-state index in [1.54, 1.807) is 11.1 Å². The van der Waals surface area contributed by atoms with Crippen LogP contribution in [0.25, 0.3) is 10.2 Å². The molecule has 0 unspecified atom stereocenters. The van der Waals surface area contributed by atoms with Crippen LogP contribution in [0.5, 0.6) is 5.75 Å². The van der Waals surface area contributed by atoms with E-state index in [9.17, 15) is 4.79 Å². The largest absolute Gasteiger partial charge is 0.492 e. The van der Waals surface area contributed by atoms with Crippen LogP contribution in [0.15, 0.2) is 66.9 Å². The van der Waals surface area contributed by atoms with Crippen molar-refractivity contribution in [2.45, 2.75) is 26.8 Å². The number of nitrogens with zero attached hydrogens (tertiary/aromatic N) is 3. The molecule has 4 aromatic rings. The zero-order valence-electron chi connectivity index (χ0n) is 17.0. The molecule has 0 bridgehead atoms. The Balaban J connectivity index is 1.70. The molecule has 4 rings (SSSR count). The maximum Gasteiger partial charge on any atom is 0.233 e. The van der Waals surface area contributed by atoms with Gasteiger partial charge in [0.15, 0.2) is 5.13 Å². The van der Waals surface area contributed by atoms with E-state index in [-0.39, 0.29) is 5.91 Å². The molecule has 152 valence electrons. The summed E-state index contributed by atoms with van der Waals surface area (Å²) < 4.78 is 6.72. The van der Waals surface area contributed by atoms with Crippen LogP contribution in [0.4, 0.5) is 5.13 Å². The summed E-state index contributed by atoms with van der Waals surface area (Å²) in [6, 6.07) is 19.6. The molecule has 0 N–H and O–H groups in total. The molecule has 0 aliphatic carbocycles. The fraction of sp³-hybridized carbons (Fsp3) is 0.208. The minimum absolute atomic E-state index is 0.0109. The topological polar surface area (TPSA) is 55.3 Å². The van der Waals surface area contributed by atoms with Gasteiger partial charge < -0.3 is 4.74 Å². The molecule has 1 amide bonds. The monoisotopic (exact) mass is 417 g/mol. The average Bonchev–Trinajstić information content (AvgIpc) is 3.18. The van der Waals surface area contributed by atoms with E-state index < -0.39 is 0 Å². The fourth-order valence-electron chi connectivity index (χ4n) is 3.31. The number of benzene rings is 2. The molecule has 0 aliphatic rings. The van der Waals surface area contributed by atoms with Gasteiger partial charge in [0.2, 0.25) is 5.91 Å². The number of hydrogen-bond acceptors (Lipinski definition) is 5. The van der Waals surface area contributed by atoms with Gasteiger partial charge in [0, 0.05) is 6.20 Å². The van der Waals surface area contributed by atoms with Gasteiger partial charge in [-0.3, -0.25) is 14.7 Å². The van der Waals surface area contributed by atoms with Gasteiger partial charge in [-0.15, -0.1) is 0 Å². The second-order valence-electron chi connectivity index (χ2n) is 7.00. The summed E-state index contributed by atoms with van der Waals surface area (Å²) in [7, 11) is 0. The lowest BCUT2D eigenvalue weighted by Crippen LogP contribution is -2.32. The number of hydrogen-bond donors (Lipinski definition) is 0. The van der Waals surface area contributed by atoms with E-state index in [0.29, 0.717) is 24.7 Å². The number of thiazole rings is 1. The van der Waals surface area contributed by atoms with Gasteiger partial charge in [0.25, 0.3) is 0 Å². The van der Waals surface area contributed by atoms with Crippen molar-refractivity contribution in [2.75, 3.05) is 11.5 Å². The molecule has 0 spiro atoms. The summed E-state index contributed by atoms with van der Waals surface area (Å²) >= 11 is 1.49. The van der Waals surface area contributed by atoms with Crippen LogP contribution in [0.2, 0.25) is 0 Å². The molecule has 6 heteroatoms. The SMILES string of the molecule is CCOc1cccc2sc(N(Cc3ccccn3)C(=O)Cc3cccc(C)c3)nc12. The van der Waals surface area contributed by atoms with Crippen LogP contribution in [-0.2, 0) is 17.8 Å². The molecule has 0 saturated heterocycles. The molecular weight excluding hydrogens is 394 g/mol. The Labute approximate surface area is 180 Å². The van der Waals surface area contributed by atoms with Crippen LogP contribution in [0.1, 0.15) is 23.7 Å². The highest BCUT2D eigenvalue weighted by Gasteiger charge is 2.22. The third-order valence-corrected chi connectivity index (χ3v) is 5.73. The predicted molar refractivity (Wildman–Crippen MR) is 121 cm³/mol. The van der Waals surface area contributed by atoms with Crippen LogP contribution in [-0.4, -0.2) is 22.5 Å². The summed E-state index contributed by atoms with van der Waals surface area (Å²) in [6.07, 6.45) is 2.05. The molecule has 2 heterocycles. The van der Waals surface area contributed by atoms with E-state index in [4.69, 9.17) is 9.72 Å². The van der Waals surface area contributed by atoms with Crippen LogP contribution < -0.4 is 9.64 Å². The lowest BCUT2D eigenvalue weighted by molar-refractivity contribution is -0.118.